The highest BCUT2D eigenvalue weighted by Gasteiger charge is 2.09. The van der Waals surface area contributed by atoms with E-state index < -0.39 is 0 Å². The van der Waals surface area contributed by atoms with Gasteiger partial charge in [-0.1, -0.05) is 115 Å². The zero-order valence-electron chi connectivity index (χ0n) is 23.7. The molecule has 1 unspecified atom stereocenters. The second-order valence-corrected chi connectivity index (χ2v) is 11.1. The molecule has 1 aromatic carbocycles. The quantitative estimate of drug-likeness (QED) is 0.110. The van der Waals surface area contributed by atoms with Gasteiger partial charge in [0.25, 0.3) is 0 Å². The monoisotopic (exact) mass is 599 g/mol. The molecule has 4 nitrogen and oxygen atoms in total. The average molecular weight is 601 g/mol. The highest BCUT2D eigenvalue weighted by atomic mass is 79.9. The average Bonchev–Trinajstić information content (AvgIpc) is 3.40. The van der Waals surface area contributed by atoms with Crippen molar-refractivity contribution in [1.82, 2.24) is 4.90 Å². The van der Waals surface area contributed by atoms with Crippen molar-refractivity contribution in [2.75, 3.05) is 32.8 Å². The SMILES string of the molecule is Br.CCCCCCCCCCCCCCCCOCC(COCc1cccc(CN2C=CSC2)c1)OC. The Labute approximate surface area is 243 Å². The first-order valence-corrected chi connectivity index (χ1v) is 15.6. The molecule has 0 saturated carbocycles. The van der Waals surface area contributed by atoms with E-state index in [-0.39, 0.29) is 23.1 Å². The molecule has 0 amide bonds. The molecular formula is C31H54BrNO3S. The predicted octanol–water partition coefficient (Wildman–Crippen LogP) is 9.27. The van der Waals surface area contributed by atoms with Crippen molar-refractivity contribution >= 4 is 28.7 Å². The van der Waals surface area contributed by atoms with Gasteiger partial charge in [-0.3, -0.25) is 0 Å². The molecule has 0 bridgehead atoms. The standard InChI is InChI=1S/C31H53NO3S.BrH/c1-3-4-5-6-7-8-9-10-11-12-13-14-15-16-21-34-26-31(33-2)27-35-25-30-19-17-18-29(23-30)24-32-20-22-36-28-32;/h17-20,22-23,31H,3-16,21,24-28H2,1-2H3;1H. The third-order valence-electron chi connectivity index (χ3n) is 6.84. The number of methoxy groups -OCH3 is 1. The third-order valence-corrected chi connectivity index (χ3v) is 7.63. The minimum absolute atomic E-state index is 0. The molecule has 0 aromatic heterocycles. The van der Waals surface area contributed by atoms with E-state index in [1.807, 2.05) is 11.8 Å². The number of halogens is 1. The Kier molecular flexibility index (Phi) is 22.8. The predicted molar refractivity (Wildman–Crippen MR) is 165 cm³/mol. The van der Waals surface area contributed by atoms with Gasteiger partial charge in [-0.05, 0) is 23.0 Å². The number of hydrogen-bond acceptors (Lipinski definition) is 5. The molecule has 0 spiro atoms. The first-order chi connectivity index (χ1) is 17.8. The van der Waals surface area contributed by atoms with Gasteiger partial charge in [0.05, 0.1) is 25.7 Å². The summed E-state index contributed by atoms with van der Waals surface area (Å²) in [6, 6.07) is 8.68. The number of unbranched alkanes of at least 4 members (excludes halogenated alkanes) is 13. The Hall–Kier alpha value is -0.530. The van der Waals surface area contributed by atoms with Crippen LogP contribution in [0.3, 0.4) is 0 Å². The summed E-state index contributed by atoms with van der Waals surface area (Å²) in [4.78, 5) is 2.32. The van der Waals surface area contributed by atoms with E-state index in [0.29, 0.717) is 19.8 Å². The summed E-state index contributed by atoms with van der Waals surface area (Å²) < 4.78 is 17.4. The molecule has 6 heteroatoms. The number of hydrogen-bond donors (Lipinski definition) is 0. The van der Waals surface area contributed by atoms with Crippen molar-refractivity contribution in [3.63, 3.8) is 0 Å². The molecule has 1 heterocycles. The summed E-state index contributed by atoms with van der Waals surface area (Å²) >= 11 is 1.84. The molecule has 1 aliphatic rings. The molecule has 0 radical (unpaired) electrons. The minimum Gasteiger partial charge on any atom is -0.379 e. The van der Waals surface area contributed by atoms with E-state index in [2.05, 4.69) is 47.7 Å². The van der Waals surface area contributed by atoms with Crippen molar-refractivity contribution < 1.29 is 14.2 Å². The van der Waals surface area contributed by atoms with Gasteiger partial charge in [0.1, 0.15) is 6.10 Å². The minimum atomic E-state index is -0.00779. The fraction of sp³-hybridized carbons (Fsp3) is 0.742. The summed E-state index contributed by atoms with van der Waals surface area (Å²) in [7, 11) is 1.74. The van der Waals surface area contributed by atoms with Gasteiger partial charge >= 0.3 is 0 Å². The number of benzene rings is 1. The van der Waals surface area contributed by atoms with Crippen LogP contribution in [0.4, 0.5) is 0 Å². The molecular weight excluding hydrogens is 546 g/mol. The van der Waals surface area contributed by atoms with Crippen LogP contribution >= 0.6 is 28.7 Å². The first kappa shape index (κ1) is 34.5. The summed E-state index contributed by atoms with van der Waals surface area (Å²) in [6.07, 6.45) is 21.5. The second-order valence-electron chi connectivity index (χ2n) is 10.2. The summed E-state index contributed by atoms with van der Waals surface area (Å²) in [5.41, 5.74) is 2.53. The Morgan fingerprint density at radius 1 is 0.811 bits per heavy atom. The fourth-order valence-corrected chi connectivity index (χ4v) is 5.28. The zero-order valence-corrected chi connectivity index (χ0v) is 26.2. The van der Waals surface area contributed by atoms with Gasteiger partial charge in [-0.15, -0.1) is 28.7 Å². The lowest BCUT2D eigenvalue weighted by molar-refractivity contribution is -0.0451. The summed E-state index contributed by atoms with van der Waals surface area (Å²) in [5, 5.41) is 2.15. The molecule has 37 heavy (non-hydrogen) atoms. The van der Waals surface area contributed by atoms with Crippen molar-refractivity contribution in [3.05, 3.63) is 47.0 Å². The second kappa shape index (κ2) is 24.5. The lowest BCUT2D eigenvalue weighted by atomic mass is 10.0. The zero-order chi connectivity index (χ0) is 25.5. The molecule has 1 atom stereocenters. The molecule has 1 aliphatic heterocycles. The van der Waals surface area contributed by atoms with Crippen molar-refractivity contribution in [1.29, 1.82) is 0 Å². The Bertz CT molecular complexity index is 676. The highest BCUT2D eigenvalue weighted by Crippen LogP contribution is 2.19. The van der Waals surface area contributed by atoms with Crippen LogP contribution in [0, 0.1) is 0 Å². The molecule has 1 aromatic rings. The topological polar surface area (TPSA) is 30.9 Å². The summed E-state index contributed by atoms with van der Waals surface area (Å²) in [6.45, 7) is 5.83. The van der Waals surface area contributed by atoms with Crippen LogP contribution in [-0.4, -0.2) is 43.8 Å². The van der Waals surface area contributed by atoms with E-state index in [0.717, 1.165) is 25.4 Å². The number of nitrogens with zero attached hydrogens (tertiary/aromatic N) is 1. The Balaban J connectivity index is 0.00000684. The van der Waals surface area contributed by atoms with Crippen molar-refractivity contribution in [2.24, 2.45) is 0 Å². The lowest BCUT2D eigenvalue weighted by Gasteiger charge is -2.17. The maximum absolute atomic E-state index is 5.94. The van der Waals surface area contributed by atoms with Crippen molar-refractivity contribution in [3.8, 4) is 0 Å². The van der Waals surface area contributed by atoms with E-state index in [1.165, 1.54) is 94.6 Å². The van der Waals surface area contributed by atoms with Gasteiger partial charge in [0.2, 0.25) is 0 Å². The van der Waals surface area contributed by atoms with Gasteiger partial charge in [-0.25, -0.2) is 0 Å². The van der Waals surface area contributed by atoms with E-state index >= 15 is 0 Å². The molecule has 0 N–H and O–H groups in total. The molecule has 2 rings (SSSR count). The maximum atomic E-state index is 5.94. The number of thioether (sulfide) groups is 1. The van der Waals surface area contributed by atoms with Crippen LogP contribution in [0.5, 0.6) is 0 Å². The fourth-order valence-electron chi connectivity index (χ4n) is 4.57. The molecule has 0 aliphatic carbocycles. The number of ether oxygens (including phenoxy) is 3. The van der Waals surface area contributed by atoms with Crippen LogP contribution in [0.25, 0.3) is 0 Å². The largest absolute Gasteiger partial charge is 0.379 e. The summed E-state index contributed by atoms with van der Waals surface area (Å²) in [5.74, 6) is 1.04. The van der Waals surface area contributed by atoms with E-state index in [4.69, 9.17) is 14.2 Å². The van der Waals surface area contributed by atoms with Gasteiger partial charge in [-0.2, -0.15) is 0 Å². The van der Waals surface area contributed by atoms with Crippen LogP contribution in [0.1, 0.15) is 108 Å². The normalized spacial score (nSPS) is 13.7. The van der Waals surface area contributed by atoms with Gasteiger partial charge in [0, 0.05) is 26.5 Å². The smallest absolute Gasteiger partial charge is 0.104 e. The number of rotatable bonds is 24. The third kappa shape index (κ3) is 18.4. The van der Waals surface area contributed by atoms with Crippen LogP contribution < -0.4 is 0 Å². The van der Waals surface area contributed by atoms with E-state index in [9.17, 15) is 0 Å². The van der Waals surface area contributed by atoms with Gasteiger partial charge in [0.15, 0.2) is 0 Å². The van der Waals surface area contributed by atoms with Gasteiger partial charge < -0.3 is 19.1 Å². The molecule has 214 valence electrons. The van der Waals surface area contributed by atoms with Crippen molar-refractivity contribution in [2.45, 2.75) is 116 Å². The van der Waals surface area contributed by atoms with Crippen LogP contribution in [-0.2, 0) is 27.4 Å². The van der Waals surface area contributed by atoms with Crippen LogP contribution in [0.2, 0.25) is 0 Å². The molecule has 0 saturated heterocycles. The Morgan fingerprint density at radius 2 is 1.41 bits per heavy atom. The lowest BCUT2D eigenvalue weighted by Crippen LogP contribution is -2.24. The molecule has 0 fully saturated rings. The Morgan fingerprint density at radius 3 is 2.00 bits per heavy atom. The maximum Gasteiger partial charge on any atom is 0.104 e. The van der Waals surface area contributed by atoms with Crippen LogP contribution in [0.15, 0.2) is 35.9 Å². The van der Waals surface area contributed by atoms with E-state index in [1.54, 1.807) is 7.11 Å². The first-order valence-electron chi connectivity index (χ1n) is 14.6. The highest BCUT2D eigenvalue weighted by molar-refractivity contribution is 8.93.